The quantitative estimate of drug-likeness (QED) is 0.757. The summed E-state index contributed by atoms with van der Waals surface area (Å²) in [5, 5.41) is 4.45. The van der Waals surface area contributed by atoms with Gasteiger partial charge < -0.3 is 5.32 Å². The second-order valence-corrected chi connectivity index (χ2v) is 5.08. The summed E-state index contributed by atoms with van der Waals surface area (Å²) < 4.78 is 0. The minimum Gasteiger partial charge on any atom is -0.338 e. The predicted octanol–water partition coefficient (Wildman–Crippen LogP) is 4.63. The number of pyridine rings is 2. The zero-order chi connectivity index (χ0) is 14.8. The summed E-state index contributed by atoms with van der Waals surface area (Å²) >= 11 is 0. The molecule has 104 valence electrons. The Bertz CT molecular complexity index is 822. The Kier molecular flexibility index (Phi) is 3.40. The molecular weight excluding hydrogens is 258 g/mol. The SMILES string of the molecule is C=Cc1cnc2c(Nc3cccc(C)c3C)nccc2c1. The van der Waals surface area contributed by atoms with Crippen LogP contribution in [0.4, 0.5) is 11.5 Å². The van der Waals surface area contributed by atoms with E-state index in [0.717, 1.165) is 28.0 Å². The van der Waals surface area contributed by atoms with Gasteiger partial charge >= 0.3 is 0 Å². The third-order valence-corrected chi connectivity index (χ3v) is 3.71. The van der Waals surface area contributed by atoms with Gasteiger partial charge in [0.05, 0.1) is 0 Å². The molecule has 0 spiro atoms. The third kappa shape index (κ3) is 2.50. The van der Waals surface area contributed by atoms with Crippen LogP contribution in [0.3, 0.4) is 0 Å². The van der Waals surface area contributed by atoms with Crippen molar-refractivity contribution in [3.05, 3.63) is 66.0 Å². The van der Waals surface area contributed by atoms with E-state index in [9.17, 15) is 0 Å². The van der Waals surface area contributed by atoms with Crippen molar-refractivity contribution in [3.8, 4) is 0 Å². The van der Waals surface area contributed by atoms with E-state index in [1.54, 1.807) is 12.3 Å². The molecule has 3 aromatic rings. The fourth-order valence-corrected chi connectivity index (χ4v) is 2.29. The lowest BCUT2D eigenvalue weighted by Crippen LogP contribution is -1.99. The molecule has 2 aromatic heterocycles. The molecular formula is C18H17N3. The molecule has 0 saturated heterocycles. The maximum atomic E-state index is 4.50. The number of nitrogens with zero attached hydrogens (tertiary/aromatic N) is 2. The Hall–Kier alpha value is -2.68. The van der Waals surface area contributed by atoms with Gasteiger partial charge in [0, 0.05) is 23.5 Å². The van der Waals surface area contributed by atoms with Crippen LogP contribution in [-0.2, 0) is 0 Å². The molecule has 3 nitrogen and oxygen atoms in total. The van der Waals surface area contributed by atoms with Crippen LogP contribution in [0.5, 0.6) is 0 Å². The molecule has 1 N–H and O–H groups in total. The van der Waals surface area contributed by atoms with Crippen molar-refractivity contribution in [2.45, 2.75) is 13.8 Å². The van der Waals surface area contributed by atoms with Crippen LogP contribution in [0, 0.1) is 13.8 Å². The lowest BCUT2D eigenvalue weighted by atomic mass is 10.1. The zero-order valence-electron chi connectivity index (χ0n) is 12.2. The largest absolute Gasteiger partial charge is 0.338 e. The summed E-state index contributed by atoms with van der Waals surface area (Å²) in [6.07, 6.45) is 5.40. The third-order valence-electron chi connectivity index (χ3n) is 3.71. The average Bonchev–Trinajstić information content (AvgIpc) is 2.51. The second-order valence-electron chi connectivity index (χ2n) is 5.08. The summed E-state index contributed by atoms with van der Waals surface area (Å²) in [5.41, 5.74) is 5.40. The van der Waals surface area contributed by atoms with Gasteiger partial charge in [0.15, 0.2) is 5.82 Å². The highest BCUT2D eigenvalue weighted by Gasteiger charge is 2.07. The topological polar surface area (TPSA) is 37.8 Å². The zero-order valence-corrected chi connectivity index (χ0v) is 12.2. The molecule has 0 aliphatic rings. The Morgan fingerprint density at radius 2 is 2.00 bits per heavy atom. The molecule has 0 atom stereocenters. The summed E-state index contributed by atoms with van der Waals surface area (Å²) in [6, 6.07) is 10.2. The first-order valence-corrected chi connectivity index (χ1v) is 6.89. The van der Waals surface area contributed by atoms with Crippen molar-refractivity contribution in [3.63, 3.8) is 0 Å². The lowest BCUT2D eigenvalue weighted by Gasteiger charge is -2.12. The number of anilines is 2. The van der Waals surface area contributed by atoms with Gasteiger partial charge in [-0.25, -0.2) is 4.98 Å². The maximum absolute atomic E-state index is 4.50. The van der Waals surface area contributed by atoms with Crippen molar-refractivity contribution in [2.24, 2.45) is 0 Å². The van der Waals surface area contributed by atoms with E-state index in [0.29, 0.717) is 0 Å². The van der Waals surface area contributed by atoms with Gasteiger partial charge in [0.25, 0.3) is 0 Å². The average molecular weight is 275 g/mol. The van der Waals surface area contributed by atoms with Gasteiger partial charge in [0.2, 0.25) is 0 Å². The molecule has 0 unspecified atom stereocenters. The molecule has 0 amide bonds. The maximum Gasteiger partial charge on any atom is 0.156 e. The van der Waals surface area contributed by atoms with Crippen LogP contribution >= 0.6 is 0 Å². The number of nitrogens with one attached hydrogen (secondary N) is 1. The predicted molar refractivity (Wildman–Crippen MR) is 88.8 cm³/mol. The van der Waals surface area contributed by atoms with Gasteiger partial charge in [-0.05, 0) is 48.7 Å². The molecule has 1 aromatic carbocycles. The summed E-state index contributed by atoms with van der Waals surface area (Å²) in [5.74, 6) is 0.775. The van der Waals surface area contributed by atoms with E-state index in [1.807, 2.05) is 18.3 Å². The fraction of sp³-hybridized carbons (Fsp3) is 0.111. The van der Waals surface area contributed by atoms with Crippen molar-refractivity contribution in [1.29, 1.82) is 0 Å². The molecule has 21 heavy (non-hydrogen) atoms. The number of aromatic nitrogens is 2. The van der Waals surface area contributed by atoms with Crippen molar-refractivity contribution in [2.75, 3.05) is 5.32 Å². The Labute approximate surface area is 124 Å². The summed E-state index contributed by atoms with van der Waals surface area (Å²) in [6.45, 7) is 7.98. The highest BCUT2D eigenvalue weighted by molar-refractivity contribution is 5.91. The van der Waals surface area contributed by atoms with E-state index in [-0.39, 0.29) is 0 Å². The van der Waals surface area contributed by atoms with E-state index in [2.05, 4.69) is 53.9 Å². The number of rotatable bonds is 3. The Balaban J connectivity index is 2.08. The van der Waals surface area contributed by atoms with Crippen molar-refractivity contribution in [1.82, 2.24) is 9.97 Å². The highest BCUT2D eigenvalue weighted by atomic mass is 15.0. The van der Waals surface area contributed by atoms with E-state index in [1.165, 1.54) is 11.1 Å². The first-order chi connectivity index (χ1) is 10.2. The fourth-order valence-electron chi connectivity index (χ4n) is 2.29. The van der Waals surface area contributed by atoms with Gasteiger partial charge in [-0.2, -0.15) is 0 Å². The molecule has 0 aliphatic carbocycles. The van der Waals surface area contributed by atoms with Gasteiger partial charge in [-0.3, -0.25) is 4.98 Å². The Morgan fingerprint density at radius 1 is 1.14 bits per heavy atom. The standard InChI is InChI=1S/C18H17N3/c1-4-14-10-15-8-9-19-18(17(15)20-11-14)21-16-7-5-6-12(2)13(16)3/h4-11H,1H2,2-3H3,(H,19,21). The number of hydrogen-bond donors (Lipinski definition) is 1. The van der Waals surface area contributed by atoms with Crippen LogP contribution in [0.1, 0.15) is 16.7 Å². The normalized spacial score (nSPS) is 10.6. The van der Waals surface area contributed by atoms with Crippen LogP contribution in [0.25, 0.3) is 17.0 Å². The molecule has 0 radical (unpaired) electrons. The lowest BCUT2D eigenvalue weighted by molar-refractivity contribution is 1.27. The van der Waals surface area contributed by atoms with Crippen molar-refractivity contribution < 1.29 is 0 Å². The highest BCUT2D eigenvalue weighted by Crippen LogP contribution is 2.26. The van der Waals surface area contributed by atoms with E-state index >= 15 is 0 Å². The first kappa shape index (κ1) is 13.3. The van der Waals surface area contributed by atoms with Crippen LogP contribution < -0.4 is 5.32 Å². The van der Waals surface area contributed by atoms with E-state index in [4.69, 9.17) is 0 Å². The Morgan fingerprint density at radius 3 is 2.81 bits per heavy atom. The number of hydrogen-bond acceptors (Lipinski definition) is 3. The number of benzene rings is 1. The monoisotopic (exact) mass is 275 g/mol. The van der Waals surface area contributed by atoms with Gasteiger partial charge in [-0.15, -0.1) is 0 Å². The van der Waals surface area contributed by atoms with Crippen LogP contribution in [0.15, 0.2) is 49.3 Å². The molecule has 3 rings (SSSR count). The summed E-state index contributed by atoms with van der Waals surface area (Å²) in [7, 11) is 0. The molecule has 0 aliphatic heterocycles. The van der Waals surface area contributed by atoms with Gasteiger partial charge in [-0.1, -0.05) is 24.8 Å². The molecule has 0 saturated carbocycles. The minimum atomic E-state index is 0.775. The molecule has 0 fully saturated rings. The molecule has 3 heteroatoms. The van der Waals surface area contributed by atoms with Crippen LogP contribution in [-0.4, -0.2) is 9.97 Å². The van der Waals surface area contributed by atoms with E-state index < -0.39 is 0 Å². The molecule has 2 heterocycles. The number of fused-ring (bicyclic) bond motifs is 1. The van der Waals surface area contributed by atoms with Crippen molar-refractivity contribution >= 4 is 28.5 Å². The minimum absolute atomic E-state index is 0.775. The smallest absolute Gasteiger partial charge is 0.156 e. The van der Waals surface area contributed by atoms with Crippen LogP contribution in [0.2, 0.25) is 0 Å². The first-order valence-electron chi connectivity index (χ1n) is 6.89. The van der Waals surface area contributed by atoms with Gasteiger partial charge in [0.1, 0.15) is 5.52 Å². The molecule has 0 bridgehead atoms. The number of aryl methyl sites for hydroxylation is 1. The second kappa shape index (κ2) is 5.37. The summed E-state index contributed by atoms with van der Waals surface area (Å²) in [4.78, 5) is 8.93.